The number of carbonyl (C=O) groups is 1. The van der Waals surface area contributed by atoms with Gasteiger partial charge in [-0.25, -0.2) is 0 Å². The number of hydrogen-bond acceptors (Lipinski definition) is 2. The minimum Gasteiger partial charge on any atom is -0.481 e. The molecule has 3 nitrogen and oxygen atoms in total. The van der Waals surface area contributed by atoms with Crippen molar-refractivity contribution in [2.75, 3.05) is 0 Å². The molecular formula is C20H30O3. The molecule has 0 aliphatic heterocycles. The molecule has 0 amide bonds. The normalized spacial score (nSPS) is 55.2. The molecule has 2 bridgehead atoms. The summed E-state index contributed by atoms with van der Waals surface area (Å²) in [6.45, 7) is 8.55. The lowest BCUT2D eigenvalue weighted by Crippen LogP contribution is -2.59. The zero-order chi connectivity index (χ0) is 16.7. The van der Waals surface area contributed by atoms with Crippen LogP contribution >= 0.6 is 0 Å². The van der Waals surface area contributed by atoms with E-state index < -0.39 is 17.0 Å². The number of rotatable bonds is 1. The molecule has 4 aliphatic carbocycles. The Morgan fingerprint density at radius 2 is 1.83 bits per heavy atom. The Labute approximate surface area is 139 Å². The molecule has 2 N–H and O–H groups in total. The van der Waals surface area contributed by atoms with Gasteiger partial charge >= 0.3 is 5.97 Å². The highest BCUT2D eigenvalue weighted by atomic mass is 16.4. The van der Waals surface area contributed by atoms with E-state index in [0.717, 1.165) is 63.4 Å². The number of hydrogen-bond donors (Lipinski definition) is 2. The summed E-state index contributed by atoms with van der Waals surface area (Å²) in [5.74, 6) is 0.219. The first kappa shape index (κ1) is 15.7. The van der Waals surface area contributed by atoms with Gasteiger partial charge in [-0.2, -0.15) is 0 Å². The van der Waals surface area contributed by atoms with Crippen molar-refractivity contribution < 1.29 is 15.0 Å². The molecule has 23 heavy (non-hydrogen) atoms. The number of aliphatic hydroxyl groups is 1. The fourth-order valence-electron chi connectivity index (χ4n) is 7.61. The van der Waals surface area contributed by atoms with Crippen molar-refractivity contribution in [3.8, 4) is 0 Å². The van der Waals surface area contributed by atoms with Gasteiger partial charge in [-0.15, -0.1) is 0 Å². The Bertz CT molecular complexity index is 583. The molecule has 128 valence electrons. The first-order valence-corrected chi connectivity index (χ1v) is 9.30. The maximum atomic E-state index is 12.0. The van der Waals surface area contributed by atoms with Crippen molar-refractivity contribution >= 4 is 5.97 Å². The van der Waals surface area contributed by atoms with E-state index in [0.29, 0.717) is 5.92 Å². The highest BCUT2D eigenvalue weighted by Gasteiger charge is 2.67. The third-order valence-corrected chi connectivity index (χ3v) is 8.65. The Kier molecular flexibility index (Phi) is 3.01. The van der Waals surface area contributed by atoms with Crippen molar-refractivity contribution in [1.29, 1.82) is 0 Å². The molecule has 4 aliphatic rings. The number of carboxylic acid groups (broad SMARTS) is 1. The smallest absolute Gasteiger partial charge is 0.309 e. The van der Waals surface area contributed by atoms with Crippen LogP contribution in [0.5, 0.6) is 0 Å². The third-order valence-electron chi connectivity index (χ3n) is 8.65. The summed E-state index contributed by atoms with van der Waals surface area (Å²) >= 11 is 0. The van der Waals surface area contributed by atoms with Crippen molar-refractivity contribution in [1.82, 2.24) is 0 Å². The minimum atomic E-state index is -0.634. The van der Waals surface area contributed by atoms with Crippen LogP contribution in [0.2, 0.25) is 0 Å². The van der Waals surface area contributed by atoms with E-state index in [1.54, 1.807) is 0 Å². The molecule has 0 radical (unpaired) electrons. The molecule has 1 spiro atoms. The Hall–Kier alpha value is -0.830. The first-order chi connectivity index (χ1) is 10.7. The molecule has 3 heteroatoms. The molecule has 0 unspecified atom stereocenters. The van der Waals surface area contributed by atoms with Crippen LogP contribution in [0.1, 0.15) is 71.6 Å². The summed E-state index contributed by atoms with van der Waals surface area (Å²) < 4.78 is 0. The van der Waals surface area contributed by atoms with E-state index >= 15 is 0 Å². The second-order valence-corrected chi connectivity index (χ2v) is 9.62. The van der Waals surface area contributed by atoms with Gasteiger partial charge in [0, 0.05) is 0 Å². The van der Waals surface area contributed by atoms with E-state index in [-0.39, 0.29) is 16.7 Å². The number of carboxylic acids is 1. The number of aliphatic carboxylic acids is 1. The highest BCUT2D eigenvalue weighted by molar-refractivity contribution is 5.75. The van der Waals surface area contributed by atoms with E-state index in [2.05, 4.69) is 13.5 Å². The van der Waals surface area contributed by atoms with Crippen LogP contribution in [0.4, 0.5) is 0 Å². The molecule has 0 saturated heterocycles. The molecule has 4 saturated carbocycles. The van der Waals surface area contributed by atoms with E-state index in [4.69, 9.17) is 0 Å². The lowest BCUT2D eigenvalue weighted by molar-refractivity contribution is -0.186. The third kappa shape index (κ3) is 1.78. The summed E-state index contributed by atoms with van der Waals surface area (Å²) in [4.78, 5) is 12.0. The maximum absolute atomic E-state index is 12.0. The second kappa shape index (κ2) is 4.41. The maximum Gasteiger partial charge on any atom is 0.309 e. The van der Waals surface area contributed by atoms with Gasteiger partial charge in [0.1, 0.15) is 0 Å². The zero-order valence-corrected chi connectivity index (χ0v) is 14.5. The molecular weight excluding hydrogens is 288 g/mol. The van der Waals surface area contributed by atoms with Gasteiger partial charge < -0.3 is 10.2 Å². The topological polar surface area (TPSA) is 57.5 Å². The highest BCUT2D eigenvalue weighted by Crippen LogP contribution is 2.72. The lowest BCUT2D eigenvalue weighted by Gasteiger charge is -2.63. The average Bonchev–Trinajstić information content (AvgIpc) is 2.63. The molecule has 0 heterocycles. The predicted molar refractivity (Wildman–Crippen MR) is 88.9 cm³/mol. The summed E-state index contributed by atoms with van der Waals surface area (Å²) in [5.41, 5.74) is 0.128. The molecule has 4 rings (SSSR count). The standard InChI is InChI=1S/C20H30O3/c1-13-11-19-9-5-14-17(2,7-4-8-18(14,3)16(21)22)15(19)6-10-20(13,23)12-19/h14-15,23H,1,4-12H2,2-3H3,(H,21,22)/t14-,15-,17-,18+,19+,20+/m0/s1. The molecule has 0 aromatic heterocycles. The van der Waals surface area contributed by atoms with Crippen LogP contribution in [-0.2, 0) is 4.79 Å². The van der Waals surface area contributed by atoms with Crippen molar-refractivity contribution in [3.63, 3.8) is 0 Å². The van der Waals surface area contributed by atoms with Crippen LogP contribution in [-0.4, -0.2) is 21.8 Å². The molecule has 0 aromatic carbocycles. The summed E-state index contributed by atoms with van der Waals surface area (Å²) in [6.07, 6.45) is 8.75. The molecule has 0 aromatic rings. The van der Waals surface area contributed by atoms with Crippen molar-refractivity contribution in [2.24, 2.45) is 28.1 Å². The van der Waals surface area contributed by atoms with Gasteiger partial charge in [0.2, 0.25) is 0 Å². The summed E-state index contributed by atoms with van der Waals surface area (Å²) in [5, 5.41) is 20.8. The fraction of sp³-hybridized carbons (Fsp3) is 0.850. The minimum absolute atomic E-state index is 0.107. The van der Waals surface area contributed by atoms with Gasteiger partial charge in [0.05, 0.1) is 11.0 Å². The SMILES string of the molecule is C=C1C[C@@]23CC[C@H]4[C@](C)(CCC[C@@]4(C)C(=O)O)[C@@H]2CC[C@@]1(O)C3. The Balaban J connectivity index is 1.76. The quantitative estimate of drug-likeness (QED) is 0.714. The van der Waals surface area contributed by atoms with E-state index in [1.165, 1.54) is 0 Å². The van der Waals surface area contributed by atoms with E-state index in [9.17, 15) is 15.0 Å². The summed E-state index contributed by atoms with van der Waals surface area (Å²) in [7, 11) is 0. The van der Waals surface area contributed by atoms with Crippen LogP contribution < -0.4 is 0 Å². The van der Waals surface area contributed by atoms with E-state index in [1.807, 2.05) is 6.92 Å². The monoisotopic (exact) mass is 318 g/mol. The van der Waals surface area contributed by atoms with Crippen molar-refractivity contribution in [2.45, 2.75) is 77.2 Å². The fourth-order valence-corrected chi connectivity index (χ4v) is 7.61. The van der Waals surface area contributed by atoms with Crippen LogP contribution in [0.15, 0.2) is 12.2 Å². The van der Waals surface area contributed by atoms with Crippen molar-refractivity contribution in [3.05, 3.63) is 12.2 Å². The first-order valence-electron chi connectivity index (χ1n) is 9.30. The Morgan fingerprint density at radius 3 is 2.52 bits per heavy atom. The predicted octanol–water partition coefficient (Wildman–Crippen LogP) is 4.16. The lowest BCUT2D eigenvalue weighted by atomic mass is 9.41. The van der Waals surface area contributed by atoms with Gasteiger partial charge in [0.25, 0.3) is 0 Å². The largest absolute Gasteiger partial charge is 0.481 e. The van der Waals surface area contributed by atoms with Crippen LogP contribution in [0.25, 0.3) is 0 Å². The van der Waals surface area contributed by atoms with Gasteiger partial charge in [0.15, 0.2) is 0 Å². The Morgan fingerprint density at radius 1 is 1.13 bits per heavy atom. The van der Waals surface area contributed by atoms with Crippen LogP contribution in [0, 0.1) is 28.1 Å². The summed E-state index contributed by atoms with van der Waals surface area (Å²) in [6, 6.07) is 0. The van der Waals surface area contributed by atoms with Crippen LogP contribution in [0.3, 0.4) is 0 Å². The molecule has 4 fully saturated rings. The van der Waals surface area contributed by atoms with Gasteiger partial charge in [-0.3, -0.25) is 4.79 Å². The average molecular weight is 318 g/mol. The second-order valence-electron chi connectivity index (χ2n) is 9.62. The van der Waals surface area contributed by atoms with Gasteiger partial charge in [-0.05, 0) is 86.5 Å². The molecule has 6 atom stereocenters. The number of fused-ring (bicyclic) bond motifs is 3. The van der Waals surface area contributed by atoms with Gasteiger partial charge in [-0.1, -0.05) is 19.9 Å². The zero-order valence-electron chi connectivity index (χ0n) is 14.5.